The van der Waals surface area contributed by atoms with Crippen LogP contribution in [0.1, 0.15) is 54.2 Å². The number of alkyl halides is 3. The first-order valence-corrected chi connectivity index (χ1v) is 12.3. The molecule has 8 nitrogen and oxygen atoms in total. The first-order valence-electron chi connectivity index (χ1n) is 12.3. The number of benzene rings is 1. The number of hydrogen-bond acceptors (Lipinski definition) is 5. The van der Waals surface area contributed by atoms with Crippen LogP contribution in [0.5, 0.6) is 5.75 Å². The largest absolute Gasteiger partial charge is 0.493 e. The summed E-state index contributed by atoms with van der Waals surface area (Å²) in [6, 6.07) is 3.45. The lowest BCUT2D eigenvalue weighted by Crippen LogP contribution is -2.53. The minimum atomic E-state index is -2.68. The quantitative estimate of drug-likeness (QED) is 0.488. The van der Waals surface area contributed by atoms with Crippen LogP contribution in [0.3, 0.4) is 0 Å². The number of hydrogen-bond donors (Lipinski definition) is 2. The third-order valence-corrected chi connectivity index (χ3v) is 6.98. The highest BCUT2D eigenvalue weighted by Gasteiger charge is 2.33. The van der Waals surface area contributed by atoms with Crippen LogP contribution in [-0.2, 0) is 4.79 Å². The lowest BCUT2D eigenvalue weighted by molar-refractivity contribution is -0.131. The predicted octanol–water partition coefficient (Wildman–Crippen LogP) is 4.35. The molecule has 2 N–H and O–H groups in total. The number of amides is 2. The molecule has 2 fully saturated rings. The van der Waals surface area contributed by atoms with Crippen LogP contribution >= 0.6 is 0 Å². The number of carbonyl (C=O) groups excluding carboxylic acids is 2. The maximum Gasteiger partial charge on any atom is 0.263 e. The van der Waals surface area contributed by atoms with Gasteiger partial charge < -0.3 is 19.9 Å². The van der Waals surface area contributed by atoms with E-state index in [0.29, 0.717) is 52.8 Å². The molecule has 1 aromatic carbocycles. The Bertz CT molecular complexity index is 1340. The van der Waals surface area contributed by atoms with Crippen molar-refractivity contribution >= 4 is 22.8 Å². The molecule has 2 amide bonds. The molecular formula is C26H28F3N5O3. The zero-order valence-electron chi connectivity index (χ0n) is 20.6. The van der Waals surface area contributed by atoms with E-state index < -0.39 is 24.5 Å². The second kappa shape index (κ2) is 10.0. The van der Waals surface area contributed by atoms with Crippen molar-refractivity contribution in [2.45, 2.75) is 51.7 Å². The molecule has 5 rings (SSSR count). The molecule has 2 atom stereocenters. The molecule has 3 heterocycles. The third kappa shape index (κ3) is 5.12. The van der Waals surface area contributed by atoms with Crippen molar-refractivity contribution < 1.29 is 27.5 Å². The molecule has 2 aliphatic rings. The molecule has 0 spiro atoms. The van der Waals surface area contributed by atoms with E-state index in [2.05, 4.69) is 20.3 Å². The van der Waals surface area contributed by atoms with Crippen molar-refractivity contribution in [3.63, 3.8) is 0 Å². The van der Waals surface area contributed by atoms with Crippen LogP contribution in [-0.4, -0.2) is 63.6 Å². The van der Waals surface area contributed by atoms with Gasteiger partial charge >= 0.3 is 0 Å². The zero-order chi connectivity index (χ0) is 26.3. The van der Waals surface area contributed by atoms with Crippen LogP contribution in [0, 0.1) is 12.8 Å². The number of carbonyl (C=O) groups is 2. The summed E-state index contributed by atoms with van der Waals surface area (Å²) in [7, 11) is 0. The van der Waals surface area contributed by atoms with Gasteiger partial charge in [0.25, 0.3) is 12.3 Å². The Labute approximate surface area is 211 Å². The van der Waals surface area contributed by atoms with Crippen molar-refractivity contribution in [2.75, 3.05) is 19.7 Å². The molecule has 1 aliphatic carbocycles. The van der Waals surface area contributed by atoms with Gasteiger partial charge in [0.2, 0.25) is 5.91 Å². The highest BCUT2D eigenvalue weighted by molar-refractivity contribution is 6.09. The maximum atomic E-state index is 14.7. The van der Waals surface area contributed by atoms with Gasteiger partial charge in [-0.1, -0.05) is 0 Å². The molecule has 37 heavy (non-hydrogen) atoms. The molecule has 11 heteroatoms. The maximum absolute atomic E-state index is 14.7. The summed E-state index contributed by atoms with van der Waals surface area (Å²) in [5, 5.41) is 2.74. The van der Waals surface area contributed by atoms with Crippen LogP contribution in [0.2, 0.25) is 0 Å². The van der Waals surface area contributed by atoms with Gasteiger partial charge in [-0.3, -0.25) is 9.59 Å². The van der Waals surface area contributed by atoms with Gasteiger partial charge in [-0.2, -0.15) is 0 Å². The standard InChI is InChI=1S/C26H28F3N5O3/c1-13-21(26(36)33-19-7-8-34(14(2)35)10-18(19)27)23-24(32-13)22(30-12-31-23)17-9-16(25(28)29)5-6-20(17)37-11-15-3-4-15/h5-6,9,12,15,18-19,25,32H,3-4,7-8,10-11H2,1-2H3,(H,33,36)/t18-,19+/m0/s1. The molecule has 196 valence electrons. The number of fused-ring (bicyclic) bond motifs is 1. The summed E-state index contributed by atoms with van der Waals surface area (Å²) in [6.45, 7) is 3.83. The second-order valence-electron chi connectivity index (χ2n) is 9.73. The number of nitrogens with one attached hydrogen (secondary N) is 2. The smallest absolute Gasteiger partial charge is 0.263 e. The monoisotopic (exact) mass is 515 g/mol. The van der Waals surface area contributed by atoms with Crippen LogP contribution in [0.25, 0.3) is 22.3 Å². The Balaban J connectivity index is 1.47. The van der Waals surface area contributed by atoms with E-state index in [1.165, 1.54) is 36.4 Å². The van der Waals surface area contributed by atoms with Gasteiger partial charge in [-0.25, -0.2) is 23.1 Å². The number of likely N-dealkylation sites (tertiary alicyclic amines) is 1. The minimum Gasteiger partial charge on any atom is -0.493 e. The van der Waals surface area contributed by atoms with E-state index in [9.17, 15) is 22.8 Å². The lowest BCUT2D eigenvalue weighted by Gasteiger charge is -2.34. The Morgan fingerprint density at radius 3 is 2.70 bits per heavy atom. The number of rotatable bonds is 7. The van der Waals surface area contributed by atoms with E-state index in [1.807, 2.05) is 0 Å². The molecule has 2 aromatic heterocycles. The second-order valence-corrected chi connectivity index (χ2v) is 9.73. The van der Waals surface area contributed by atoms with Gasteiger partial charge in [-0.15, -0.1) is 0 Å². The van der Waals surface area contributed by atoms with E-state index in [-0.39, 0.29) is 30.0 Å². The summed E-state index contributed by atoms with van der Waals surface area (Å²) in [5.41, 5.74) is 1.94. The van der Waals surface area contributed by atoms with E-state index in [0.717, 1.165) is 12.8 Å². The number of ether oxygens (including phenoxy) is 1. The fourth-order valence-electron chi connectivity index (χ4n) is 4.68. The number of piperidine rings is 1. The lowest BCUT2D eigenvalue weighted by atomic mass is 10.0. The fraction of sp³-hybridized carbons (Fsp3) is 0.462. The van der Waals surface area contributed by atoms with Crippen molar-refractivity contribution in [1.82, 2.24) is 25.2 Å². The van der Waals surface area contributed by atoms with Crippen LogP contribution in [0.15, 0.2) is 24.5 Å². The number of H-pyrrole nitrogens is 1. The molecule has 1 saturated carbocycles. The van der Waals surface area contributed by atoms with Crippen molar-refractivity contribution in [1.29, 1.82) is 0 Å². The predicted molar refractivity (Wildman–Crippen MR) is 130 cm³/mol. The molecule has 0 radical (unpaired) electrons. The summed E-state index contributed by atoms with van der Waals surface area (Å²) in [4.78, 5) is 38.0. The third-order valence-electron chi connectivity index (χ3n) is 6.98. The Hall–Kier alpha value is -3.63. The minimum absolute atomic E-state index is 0.0798. The van der Waals surface area contributed by atoms with Gasteiger partial charge in [0.15, 0.2) is 0 Å². The molecule has 1 saturated heterocycles. The summed E-state index contributed by atoms with van der Waals surface area (Å²) in [6.07, 6.45) is -0.376. The Morgan fingerprint density at radius 1 is 1.24 bits per heavy atom. The molecule has 0 unspecified atom stereocenters. The fourth-order valence-corrected chi connectivity index (χ4v) is 4.68. The molecule has 3 aromatic rings. The summed E-state index contributed by atoms with van der Waals surface area (Å²) >= 11 is 0. The summed E-state index contributed by atoms with van der Waals surface area (Å²) in [5.74, 6) is 0.161. The number of aryl methyl sites for hydroxylation is 1. The SMILES string of the molecule is CC(=O)N1CC[C@@H](NC(=O)c2c(C)[nH]c3c(-c4cc(C(F)F)ccc4OCC4CC4)ncnc23)[C@@H](F)C1. The topological polar surface area (TPSA) is 100 Å². The Kier molecular flexibility index (Phi) is 6.78. The highest BCUT2D eigenvalue weighted by Crippen LogP contribution is 2.38. The van der Waals surface area contributed by atoms with Gasteiger partial charge in [0.1, 0.15) is 29.5 Å². The van der Waals surface area contributed by atoms with Gasteiger partial charge in [0, 0.05) is 30.3 Å². The molecular weight excluding hydrogens is 487 g/mol. The number of aromatic nitrogens is 3. The van der Waals surface area contributed by atoms with Crippen LogP contribution in [0.4, 0.5) is 13.2 Å². The van der Waals surface area contributed by atoms with Crippen molar-refractivity contribution in [3.05, 3.63) is 41.3 Å². The normalized spacial score (nSPS) is 19.9. The van der Waals surface area contributed by atoms with Crippen molar-refractivity contribution in [2.24, 2.45) is 5.92 Å². The van der Waals surface area contributed by atoms with Crippen molar-refractivity contribution in [3.8, 4) is 17.0 Å². The van der Waals surface area contributed by atoms with E-state index in [1.54, 1.807) is 6.92 Å². The van der Waals surface area contributed by atoms with E-state index in [4.69, 9.17) is 4.74 Å². The van der Waals surface area contributed by atoms with Gasteiger partial charge in [-0.05, 0) is 50.3 Å². The average Bonchev–Trinajstić information content (AvgIpc) is 3.63. The summed E-state index contributed by atoms with van der Waals surface area (Å²) < 4.78 is 47.8. The zero-order valence-corrected chi connectivity index (χ0v) is 20.6. The number of nitrogens with zero attached hydrogens (tertiary/aromatic N) is 3. The average molecular weight is 516 g/mol. The van der Waals surface area contributed by atoms with E-state index >= 15 is 0 Å². The highest BCUT2D eigenvalue weighted by atomic mass is 19.3. The Morgan fingerprint density at radius 2 is 2.03 bits per heavy atom. The molecule has 0 bridgehead atoms. The van der Waals surface area contributed by atoms with Crippen LogP contribution < -0.4 is 10.1 Å². The first kappa shape index (κ1) is 25.0. The number of halogens is 3. The molecule has 1 aliphatic heterocycles. The number of aromatic amines is 1. The first-order chi connectivity index (χ1) is 17.7. The van der Waals surface area contributed by atoms with Gasteiger partial charge in [0.05, 0.1) is 30.3 Å².